The van der Waals surface area contributed by atoms with Gasteiger partial charge in [-0.1, -0.05) is 66.7 Å². The van der Waals surface area contributed by atoms with Gasteiger partial charge in [-0.25, -0.2) is 0 Å². The summed E-state index contributed by atoms with van der Waals surface area (Å²) in [5, 5.41) is 3.47. The lowest BCUT2D eigenvalue weighted by Gasteiger charge is -2.62. The quantitative estimate of drug-likeness (QED) is 0.462. The van der Waals surface area contributed by atoms with E-state index in [-0.39, 0.29) is 5.91 Å². The number of nitrogens with one attached hydrogen (secondary N) is 1. The molecule has 0 spiro atoms. The Labute approximate surface area is 193 Å². The van der Waals surface area contributed by atoms with Crippen LogP contribution in [0.3, 0.4) is 0 Å². The van der Waals surface area contributed by atoms with Crippen LogP contribution in [0.4, 0.5) is 0 Å². The molecule has 2 nitrogen and oxygen atoms in total. The molecule has 2 heteroatoms. The van der Waals surface area contributed by atoms with E-state index in [0.29, 0.717) is 22.8 Å². The number of rotatable bonds is 6. The summed E-state index contributed by atoms with van der Waals surface area (Å²) >= 11 is 0. The van der Waals surface area contributed by atoms with E-state index in [1.807, 2.05) is 0 Å². The van der Waals surface area contributed by atoms with E-state index in [1.54, 1.807) is 6.92 Å². The zero-order chi connectivity index (χ0) is 22.4. The Kier molecular flexibility index (Phi) is 6.87. The number of carbonyl (C=O) groups excluding carboxylic acids is 1. The Morgan fingerprint density at radius 3 is 2.35 bits per heavy atom. The van der Waals surface area contributed by atoms with E-state index < -0.39 is 0 Å². The maximum absolute atomic E-state index is 12.1. The molecule has 0 saturated heterocycles. The van der Waals surface area contributed by atoms with Crippen LogP contribution in [-0.4, -0.2) is 11.9 Å². The van der Waals surface area contributed by atoms with E-state index in [0.717, 1.165) is 35.5 Å². The van der Waals surface area contributed by atoms with Crippen LogP contribution in [0.25, 0.3) is 0 Å². The van der Waals surface area contributed by atoms with Crippen LogP contribution >= 0.6 is 0 Å². The molecular weight excluding hydrogens is 378 g/mol. The summed E-state index contributed by atoms with van der Waals surface area (Å²) in [7, 11) is 0. The van der Waals surface area contributed by atoms with Crippen LogP contribution in [0, 0.1) is 52.3 Å². The summed E-state index contributed by atoms with van der Waals surface area (Å²) in [5.41, 5.74) is 0.994. The maximum atomic E-state index is 12.1. The molecule has 178 valence electrons. The summed E-state index contributed by atoms with van der Waals surface area (Å²) in [6.07, 6.45) is 16.8. The lowest BCUT2D eigenvalue weighted by Crippen LogP contribution is -2.60. The van der Waals surface area contributed by atoms with Crippen molar-refractivity contribution in [2.45, 2.75) is 125 Å². The number of hydrogen-bond donors (Lipinski definition) is 1. The third-order valence-electron chi connectivity index (χ3n) is 11.2. The van der Waals surface area contributed by atoms with Crippen LogP contribution in [0.1, 0.15) is 119 Å². The normalized spacial score (nSPS) is 45.5. The minimum Gasteiger partial charge on any atom is -0.353 e. The molecule has 1 N–H and O–H groups in total. The first-order chi connectivity index (χ1) is 14.7. The van der Waals surface area contributed by atoms with E-state index in [2.05, 4.69) is 39.9 Å². The molecule has 0 unspecified atom stereocenters. The molecule has 4 rings (SSSR count). The van der Waals surface area contributed by atoms with Crippen molar-refractivity contribution in [3.8, 4) is 0 Å². The molecule has 4 aliphatic rings. The van der Waals surface area contributed by atoms with E-state index in [9.17, 15) is 4.79 Å². The van der Waals surface area contributed by atoms with Crippen LogP contribution < -0.4 is 5.32 Å². The zero-order valence-corrected chi connectivity index (χ0v) is 21.5. The highest BCUT2D eigenvalue weighted by atomic mass is 16.1. The first-order valence-corrected chi connectivity index (χ1v) is 13.9. The fraction of sp³-hybridized carbons (Fsp3) is 0.966. The Bertz CT molecular complexity index is 643. The lowest BCUT2D eigenvalue weighted by molar-refractivity contribution is -0.136. The first kappa shape index (κ1) is 23.6. The second-order valence-corrected chi connectivity index (χ2v) is 13.3. The molecule has 0 heterocycles. The van der Waals surface area contributed by atoms with Crippen molar-refractivity contribution < 1.29 is 4.79 Å². The largest absolute Gasteiger partial charge is 0.353 e. The van der Waals surface area contributed by atoms with E-state index >= 15 is 0 Å². The van der Waals surface area contributed by atoms with Crippen molar-refractivity contribution in [1.82, 2.24) is 5.32 Å². The SMILES string of the molecule is CC(=O)N[C@H]1C[C@H]2[C@H]3CC[C@@H]([C@H](C)CCCC(C)C)[C@@]3(C)CC[C@@H]2[C@@]2(C)CCCC[C@@H]12. The van der Waals surface area contributed by atoms with Crippen molar-refractivity contribution in [2.75, 3.05) is 0 Å². The van der Waals surface area contributed by atoms with Crippen LogP contribution in [-0.2, 0) is 4.79 Å². The van der Waals surface area contributed by atoms with Gasteiger partial charge in [0.05, 0.1) is 0 Å². The number of hydrogen-bond acceptors (Lipinski definition) is 1. The van der Waals surface area contributed by atoms with Gasteiger partial charge in [0.15, 0.2) is 0 Å². The molecule has 1 amide bonds. The zero-order valence-electron chi connectivity index (χ0n) is 21.5. The van der Waals surface area contributed by atoms with E-state index in [1.165, 1.54) is 77.0 Å². The molecule has 9 atom stereocenters. The molecule has 4 fully saturated rings. The van der Waals surface area contributed by atoms with Gasteiger partial charge < -0.3 is 5.32 Å². The van der Waals surface area contributed by atoms with Crippen molar-refractivity contribution in [3.05, 3.63) is 0 Å². The smallest absolute Gasteiger partial charge is 0.217 e. The molecule has 31 heavy (non-hydrogen) atoms. The Balaban J connectivity index is 1.54. The molecule has 4 aliphatic carbocycles. The topological polar surface area (TPSA) is 29.1 Å². The average Bonchev–Trinajstić information content (AvgIpc) is 3.04. The number of carbonyl (C=O) groups is 1. The second-order valence-electron chi connectivity index (χ2n) is 13.3. The molecule has 0 bridgehead atoms. The molecule has 0 aromatic carbocycles. The molecule has 0 aromatic heterocycles. The third kappa shape index (κ3) is 4.23. The van der Waals surface area contributed by atoms with Crippen LogP contribution in [0.2, 0.25) is 0 Å². The summed E-state index contributed by atoms with van der Waals surface area (Å²) in [5.74, 6) is 6.16. The Morgan fingerprint density at radius 2 is 1.65 bits per heavy atom. The average molecular weight is 430 g/mol. The molecule has 0 aromatic rings. The minimum absolute atomic E-state index is 0.193. The molecule has 0 aliphatic heterocycles. The molecule has 0 radical (unpaired) electrons. The van der Waals surface area contributed by atoms with Gasteiger partial charge in [0.1, 0.15) is 0 Å². The van der Waals surface area contributed by atoms with Gasteiger partial charge >= 0.3 is 0 Å². The van der Waals surface area contributed by atoms with Crippen LogP contribution in [0.15, 0.2) is 0 Å². The van der Waals surface area contributed by atoms with Gasteiger partial charge in [-0.15, -0.1) is 0 Å². The fourth-order valence-corrected chi connectivity index (χ4v) is 9.84. The Hall–Kier alpha value is -0.530. The van der Waals surface area contributed by atoms with Crippen molar-refractivity contribution in [1.29, 1.82) is 0 Å². The van der Waals surface area contributed by atoms with Gasteiger partial charge in [-0.3, -0.25) is 4.79 Å². The van der Waals surface area contributed by atoms with Crippen molar-refractivity contribution in [2.24, 2.45) is 52.3 Å². The highest BCUT2D eigenvalue weighted by molar-refractivity contribution is 5.73. The highest BCUT2D eigenvalue weighted by Gasteiger charge is 2.61. The van der Waals surface area contributed by atoms with Gasteiger partial charge in [-0.05, 0) is 97.2 Å². The summed E-state index contributed by atoms with van der Waals surface area (Å²) in [6.45, 7) is 14.4. The van der Waals surface area contributed by atoms with E-state index in [4.69, 9.17) is 0 Å². The molecule has 4 saturated carbocycles. The fourth-order valence-electron chi connectivity index (χ4n) is 9.84. The predicted octanol–water partition coefficient (Wildman–Crippen LogP) is 7.61. The number of amides is 1. The Morgan fingerprint density at radius 1 is 0.903 bits per heavy atom. The highest BCUT2D eigenvalue weighted by Crippen LogP contribution is 2.68. The molecular formula is C29H51NO. The minimum atomic E-state index is 0.193. The van der Waals surface area contributed by atoms with Crippen LogP contribution in [0.5, 0.6) is 0 Å². The predicted molar refractivity (Wildman–Crippen MR) is 131 cm³/mol. The van der Waals surface area contributed by atoms with Gasteiger partial charge in [-0.2, -0.15) is 0 Å². The summed E-state index contributed by atoms with van der Waals surface area (Å²) in [6, 6.07) is 0.425. The maximum Gasteiger partial charge on any atom is 0.217 e. The summed E-state index contributed by atoms with van der Waals surface area (Å²) < 4.78 is 0. The van der Waals surface area contributed by atoms with Crippen molar-refractivity contribution >= 4 is 5.91 Å². The van der Waals surface area contributed by atoms with Gasteiger partial charge in [0, 0.05) is 13.0 Å². The summed E-state index contributed by atoms with van der Waals surface area (Å²) in [4.78, 5) is 12.1. The van der Waals surface area contributed by atoms with Gasteiger partial charge in [0.25, 0.3) is 0 Å². The van der Waals surface area contributed by atoms with Gasteiger partial charge in [0.2, 0.25) is 5.91 Å². The third-order valence-corrected chi connectivity index (χ3v) is 11.2. The second kappa shape index (κ2) is 9.02. The first-order valence-electron chi connectivity index (χ1n) is 13.9. The monoisotopic (exact) mass is 429 g/mol. The lowest BCUT2D eigenvalue weighted by atomic mass is 9.43. The standard InChI is InChI=1S/C29H51NO/c1-19(2)10-9-11-20(3)23-13-14-24-22-18-27(30-21(4)31)26-12-7-8-16-28(26,5)25(22)15-17-29(23,24)6/h19-20,22-27H,7-18H2,1-6H3,(H,30,31)/t20-,22+,23+,24-,25+,26+,27+,28-,29-/m1/s1. The number of fused-ring (bicyclic) bond motifs is 5. The van der Waals surface area contributed by atoms with Crippen molar-refractivity contribution in [3.63, 3.8) is 0 Å².